The van der Waals surface area contributed by atoms with E-state index < -0.39 is 0 Å². The van der Waals surface area contributed by atoms with Crippen LogP contribution in [0.3, 0.4) is 0 Å². The highest BCUT2D eigenvalue weighted by molar-refractivity contribution is 5.98. The van der Waals surface area contributed by atoms with Gasteiger partial charge in [0.25, 0.3) is 5.91 Å². The number of aromatic nitrogens is 1. The second kappa shape index (κ2) is 4.85. The van der Waals surface area contributed by atoms with Crippen molar-refractivity contribution in [2.45, 2.75) is 38.3 Å². The molecule has 4 heteroatoms. The van der Waals surface area contributed by atoms with Crippen LogP contribution >= 0.6 is 0 Å². The molecule has 0 saturated carbocycles. The van der Waals surface area contributed by atoms with E-state index in [4.69, 9.17) is 0 Å². The molecule has 2 N–H and O–H groups in total. The Hall–Kier alpha value is -1.81. The van der Waals surface area contributed by atoms with Crippen molar-refractivity contribution in [3.8, 4) is 0 Å². The lowest BCUT2D eigenvalue weighted by Crippen LogP contribution is -2.69. The van der Waals surface area contributed by atoms with Gasteiger partial charge in [-0.25, -0.2) is 0 Å². The summed E-state index contributed by atoms with van der Waals surface area (Å²) < 4.78 is 0. The number of hydrogen-bond donors (Lipinski definition) is 2. The lowest BCUT2D eigenvalue weighted by Gasteiger charge is -2.56. The normalized spacial score (nSPS) is 29.6. The Morgan fingerprint density at radius 1 is 1.27 bits per heavy atom. The molecule has 0 spiro atoms. The quantitative estimate of drug-likeness (QED) is 0.895. The van der Waals surface area contributed by atoms with Crippen LogP contribution in [0.1, 0.15) is 37.0 Å². The average molecular weight is 297 g/mol. The maximum atomic E-state index is 12.7. The van der Waals surface area contributed by atoms with Crippen LogP contribution in [-0.2, 0) is 0 Å². The highest BCUT2D eigenvalue weighted by atomic mass is 16.1. The van der Waals surface area contributed by atoms with E-state index in [9.17, 15) is 4.79 Å². The Bertz CT molecular complexity index is 710. The first-order valence-corrected chi connectivity index (χ1v) is 8.19. The van der Waals surface area contributed by atoms with Gasteiger partial charge in [-0.2, -0.15) is 0 Å². The molecule has 1 aromatic heterocycles. The smallest absolute Gasteiger partial charge is 0.251 e. The summed E-state index contributed by atoms with van der Waals surface area (Å²) in [5.41, 5.74) is 1.80. The molecule has 5 rings (SSSR count). The van der Waals surface area contributed by atoms with E-state index >= 15 is 0 Å². The predicted octanol–water partition coefficient (Wildman–Crippen LogP) is 2.77. The first kappa shape index (κ1) is 13.8. The zero-order valence-corrected chi connectivity index (χ0v) is 13.2. The van der Waals surface area contributed by atoms with Gasteiger partial charge in [0.2, 0.25) is 0 Å². The van der Waals surface area contributed by atoms with Crippen LogP contribution in [0.15, 0.2) is 30.5 Å². The standard InChI is InChI=1S/C18H23N3O/c1-18(2)16(13-6-9-21(18)10-7-13)20-17(22)14-4-3-12-5-8-19-15(12)11-14/h3-5,8,11,13,16,19H,6-7,9-10H2,1-2H3,(H,20,22). The summed E-state index contributed by atoms with van der Waals surface area (Å²) in [6.07, 6.45) is 4.30. The number of fused-ring (bicyclic) bond motifs is 4. The van der Waals surface area contributed by atoms with Crippen LogP contribution in [0.25, 0.3) is 10.9 Å². The zero-order chi connectivity index (χ0) is 15.3. The minimum Gasteiger partial charge on any atom is -0.361 e. The molecule has 4 heterocycles. The predicted molar refractivity (Wildman–Crippen MR) is 87.9 cm³/mol. The molecule has 22 heavy (non-hydrogen) atoms. The van der Waals surface area contributed by atoms with Crippen molar-refractivity contribution in [1.82, 2.24) is 15.2 Å². The second-order valence-corrected chi connectivity index (χ2v) is 7.21. The Morgan fingerprint density at radius 2 is 2.05 bits per heavy atom. The van der Waals surface area contributed by atoms with Gasteiger partial charge in [-0.15, -0.1) is 0 Å². The maximum Gasteiger partial charge on any atom is 0.251 e. The van der Waals surface area contributed by atoms with E-state index in [1.165, 1.54) is 25.9 Å². The van der Waals surface area contributed by atoms with Gasteiger partial charge < -0.3 is 10.3 Å². The van der Waals surface area contributed by atoms with Crippen LogP contribution in [0.4, 0.5) is 0 Å². The molecule has 4 nitrogen and oxygen atoms in total. The van der Waals surface area contributed by atoms with Crippen molar-refractivity contribution in [1.29, 1.82) is 0 Å². The van der Waals surface area contributed by atoms with Gasteiger partial charge in [-0.3, -0.25) is 9.69 Å². The molecule has 3 aliphatic heterocycles. The third kappa shape index (κ3) is 2.05. The SMILES string of the molecule is CC1(C)C(NC(=O)c2ccc3cc[nH]c3c2)C2CCN1CC2. The van der Waals surface area contributed by atoms with Gasteiger partial charge in [0.05, 0.1) is 0 Å². The Kier molecular flexibility index (Phi) is 3.05. The number of carbonyl (C=O) groups excluding carboxylic acids is 1. The number of piperidine rings is 3. The van der Waals surface area contributed by atoms with Crippen molar-refractivity contribution in [3.05, 3.63) is 36.0 Å². The van der Waals surface area contributed by atoms with E-state index in [-0.39, 0.29) is 17.5 Å². The average Bonchev–Trinajstić information content (AvgIpc) is 2.98. The number of nitrogens with one attached hydrogen (secondary N) is 2. The summed E-state index contributed by atoms with van der Waals surface area (Å²) in [6.45, 7) is 6.85. The molecule has 3 fully saturated rings. The van der Waals surface area contributed by atoms with Crippen molar-refractivity contribution < 1.29 is 4.79 Å². The summed E-state index contributed by atoms with van der Waals surface area (Å²) in [4.78, 5) is 18.4. The van der Waals surface area contributed by atoms with Crippen LogP contribution < -0.4 is 5.32 Å². The van der Waals surface area contributed by atoms with Gasteiger partial charge in [0.1, 0.15) is 0 Å². The molecule has 2 aromatic rings. The molecule has 3 saturated heterocycles. The fourth-order valence-corrected chi connectivity index (χ4v) is 4.29. The van der Waals surface area contributed by atoms with E-state index in [0.717, 1.165) is 16.5 Å². The van der Waals surface area contributed by atoms with Gasteiger partial charge >= 0.3 is 0 Å². The fourth-order valence-electron chi connectivity index (χ4n) is 4.29. The molecule has 0 radical (unpaired) electrons. The molecular formula is C18H23N3O. The molecule has 0 aliphatic carbocycles. The molecule has 1 aromatic carbocycles. The summed E-state index contributed by atoms with van der Waals surface area (Å²) >= 11 is 0. The third-order valence-electron chi connectivity index (χ3n) is 5.69. The maximum absolute atomic E-state index is 12.7. The van der Waals surface area contributed by atoms with Gasteiger partial charge in [0.15, 0.2) is 0 Å². The van der Waals surface area contributed by atoms with Crippen LogP contribution in [-0.4, -0.2) is 40.5 Å². The largest absolute Gasteiger partial charge is 0.361 e. The van der Waals surface area contributed by atoms with Crippen LogP contribution in [0.2, 0.25) is 0 Å². The summed E-state index contributed by atoms with van der Waals surface area (Å²) in [5.74, 6) is 0.654. The minimum absolute atomic E-state index is 0.0447. The van der Waals surface area contributed by atoms with Crippen molar-refractivity contribution in [2.24, 2.45) is 5.92 Å². The number of rotatable bonds is 2. The second-order valence-electron chi connectivity index (χ2n) is 7.21. The molecule has 1 atom stereocenters. The molecular weight excluding hydrogens is 274 g/mol. The number of benzene rings is 1. The summed E-state index contributed by atoms with van der Waals surface area (Å²) in [5, 5.41) is 4.46. The number of nitrogens with zero attached hydrogens (tertiary/aromatic N) is 1. The van der Waals surface area contributed by atoms with Crippen molar-refractivity contribution in [2.75, 3.05) is 13.1 Å². The number of H-pyrrole nitrogens is 1. The Balaban J connectivity index is 1.58. The van der Waals surface area contributed by atoms with E-state index in [0.29, 0.717) is 5.92 Å². The Labute approximate surface area is 130 Å². The lowest BCUT2D eigenvalue weighted by atomic mass is 9.72. The van der Waals surface area contributed by atoms with Crippen LogP contribution in [0, 0.1) is 5.92 Å². The fraction of sp³-hybridized carbons (Fsp3) is 0.500. The first-order valence-electron chi connectivity index (χ1n) is 8.19. The van der Waals surface area contributed by atoms with E-state index in [1.807, 2.05) is 30.5 Å². The van der Waals surface area contributed by atoms with Gasteiger partial charge in [-0.1, -0.05) is 6.07 Å². The Morgan fingerprint density at radius 3 is 2.77 bits per heavy atom. The van der Waals surface area contributed by atoms with Crippen molar-refractivity contribution >= 4 is 16.8 Å². The third-order valence-corrected chi connectivity index (χ3v) is 5.69. The number of aromatic amines is 1. The highest BCUT2D eigenvalue weighted by Crippen LogP contribution is 2.39. The van der Waals surface area contributed by atoms with Crippen molar-refractivity contribution in [3.63, 3.8) is 0 Å². The number of carbonyl (C=O) groups is 1. The summed E-state index contributed by atoms with van der Waals surface area (Å²) in [6, 6.07) is 8.12. The lowest BCUT2D eigenvalue weighted by molar-refractivity contribution is -0.0378. The molecule has 1 amide bonds. The topological polar surface area (TPSA) is 48.1 Å². The number of amides is 1. The van der Waals surface area contributed by atoms with E-state index in [1.54, 1.807) is 0 Å². The molecule has 3 aliphatic rings. The summed E-state index contributed by atoms with van der Waals surface area (Å²) in [7, 11) is 0. The minimum atomic E-state index is 0.0447. The van der Waals surface area contributed by atoms with Gasteiger partial charge in [-0.05, 0) is 69.3 Å². The monoisotopic (exact) mass is 297 g/mol. The zero-order valence-electron chi connectivity index (χ0n) is 13.2. The van der Waals surface area contributed by atoms with Crippen LogP contribution in [0.5, 0.6) is 0 Å². The first-order chi connectivity index (χ1) is 10.6. The molecule has 1 unspecified atom stereocenters. The number of hydrogen-bond acceptors (Lipinski definition) is 2. The highest BCUT2D eigenvalue weighted by Gasteiger charge is 2.48. The van der Waals surface area contributed by atoms with Gasteiger partial charge in [0, 0.05) is 28.9 Å². The molecule has 116 valence electrons. The molecule has 2 bridgehead atoms. The van der Waals surface area contributed by atoms with E-state index in [2.05, 4.69) is 29.0 Å².